The van der Waals surface area contributed by atoms with E-state index in [2.05, 4.69) is 15.4 Å². The second-order valence-corrected chi connectivity index (χ2v) is 6.07. The lowest BCUT2D eigenvalue weighted by Crippen LogP contribution is -2.12. The summed E-state index contributed by atoms with van der Waals surface area (Å²) in [6.45, 7) is 0. The molecule has 0 aliphatic carbocycles. The zero-order chi connectivity index (χ0) is 18.1. The Kier molecular flexibility index (Phi) is 4.02. The summed E-state index contributed by atoms with van der Waals surface area (Å²) in [5.41, 5.74) is 3.02. The fraction of sp³-hybridized carbons (Fsp3) is 0. The third kappa shape index (κ3) is 2.98. The van der Waals surface area contributed by atoms with Crippen LogP contribution in [0, 0.1) is 0 Å². The highest BCUT2D eigenvalue weighted by Gasteiger charge is 2.16. The molecule has 0 unspecified atom stereocenters. The maximum Gasteiger partial charge on any atom is 0.261 e. The van der Waals surface area contributed by atoms with Crippen molar-refractivity contribution in [3.05, 3.63) is 77.7 Å². The molecule has 0 fully saturated rings. The van der Waals surface area contributed by atoms with Gasteiger partial charge in [0.15, 0.2) is 5.65 Å². The molecule has 0 bridgehead atoms. The lowest BCUT2D eigenvalue weighted by atomic mass is 10.0. The van der Waals surface area contributed by atoms with E-state index in [9.17, 15) is 9.90 Å². The maximum atomic E-state index is 12.8. The third-order valence-corrected chi connectivity index (χ3v) is 4.17. The van der Waals surface area contributed by atoms with Gasteiger partial charge in [0.1, 0.15) is 11.3 Å². The van der Waals surface area contributed by atoms with Crippen molar-refractivity contribution in [2.75, 3.05) is 5.32 Å². The molecular weight excluding hydrogens is 352 g/mol. The third-order valence-electron chi connectivity index (χ3n) is 3.93. The zero-order valence-corrected chi connectivity index (χ0v) is 14.2. The summed E-state index contributed by atoms with van der Waals surface area (Å²) in [5.74, 6) is -0.160. The van der Waals surface area contributed by atoms with Crippen LogP contribution in [0.2, 0.25) is 5.02 Å². The van der Waals surface area contributed by atoms with Gasteiger partial charge in [-0.05, 0) is 35.9 Å². The fourth-order valence-electron chi connectivity index (χ4n) is 2.69. The van der Waals surface area contributed by atoms with Crippen LogP contribution in [-0.2, 0) is 0 Å². The van der Waals surface area contributed by atoms with E-state index in [0.29, 0.717) is 21.9 Å². The summed E-state index contributed by atoms with van der Waals surface area (Å²) in [5, 5.41) is 17.0. The highest BCUT2D eigenvalue weighted by molar-refractivity contribution is 6.31. The van der Waals surface area contributed by atoms with E-state index in [1.165, 1.54) is 10.7 Å². The van der Waals surface area contributed by atoms with Crippen LogP contribution in [0.1, 0.15) is 10.4 Å². The van der Waals surface area contributed by atoms with Crippen molar-refractivity contribution < 1.29 is 9.90 Å². The summed E-state index contributed by atoms with van der Waals surface area (Å²) in [7, 11) is 0. The average molecular weight is 365 g/mol. The number of hydrogen-bond acceptors (Lipinski definition) is 4. The normalized spacial score (nSPS) is 10.8. The van der Waals surface area contributed by atoms with Gasteiger partial charge in [-0.25, -0.2) is 9.50 Å². The van der Waals surface area contributed by atoms with E-state index in [-0.39, 0.29) is 11.7 Å². The van der Waals surface area contributed by atoms with Gasteiger partial charge in [-0.3, -0.25) is 4.79 Å². The molecule has 128 valence electrons. The zero-order valence-electron chi connectivity index (χ0n) is 13.4. The van der Waals surface area contributed by atoms with Crippen molar-refractivity contribution in [1.82, 2.24) is 14.6 Å². The average Bonchev–Trinajstić information content (AvgIpc) is 3.07. The van der Waals surface area contributed by atoms with Crippen LogP contribution in [0.15, 0.2) is 67.1 Å². The quantitative estimate of drug-likeness (QED) is 0.575. The molecule has 4 aromatic rings. The number of fused-ring (bicyclic) bond motifs is 1. The molecule has 0 atom stereocenters. The van der Waals surface area contributed by atoms with Crippen LogP contribution in [0.5, 0.6) is 5.75 Å². The number of benzene rings is 2. The number of aromatic nitrogens is 3. The van der Waals surface area contributed by atoms with Crippen molar-refractivity contribution in [3.8, 4) is 16.9 Å². The van der Waals surface area contributed by atoms with Crippen LogP contribution in [0.3, 0.4) is 0 Å². The molecule has 6 nitrogen and oxygen atoms in total. The first-order chi connectivity index (χ1) is 12.6. The smallest absolute Gasteiger partial charge is 0.261 e. The van der Waals surface area contributed by atoms with Gasteiger partial charge in [0.25, 0.3) is 5.91 Å². The Hall–Kier alpha value is -3.38. The number of phenols is 1. The van der Waals surface area contributed by atoms with Crippen LogP contribution in [0.25, 0.3) is 16.8 Å². The number of carbonyl (C=O) groups is 1. The van der Waals surface area contributed by atoms with E-state index in [0.717, 1.165) is 11.1 Å². The Morgan fingerprint density at radius 1 is 1.15 bits per heavy atom. The topological polar surface area (TPSA) is 79.5 Å². The lowest BCUT2D eigenvalue weighted by molar-refractivity contribution is 0.102. The van der Waals surface area contributed by atoms with Gasteiger partial charge < -0.3 is 10.4 Å². The number of hydrogen-bond donors (Lipinski definition) is 2. The van der Waals surface area contributed by atoms with E-state index < -0.39 is 0 Å². The molecule has 2 aromatic carbocycles. The van der Waals surface area contributed by atoms with Crippen LogP contribution in [-0.4, -0.2) is 25.6 Å². The molecule has 0 radical (unpaired) electrons. The van der Waals surface area contributed by atoms with Gasteiger partial charge in [-0.15, -0.1) is 0 Å². The SMILES string of the molecule is O=C(Nc1cc(Cl)ccc1-c1ccc(O)cc1)c1cnn2cccnc12. The Labute approximate surface area is 153 Å². The standard InChI is InChI=1S/C19H13ClN4O2/c20-13-4-7-15(12-2-5-14(25)6-3-12)17(10-13)23-19(26)16-11-22-24-9-1-8-21-18(16)24/h1-11,25H,(H,23,26). The predicted octanol–water partition coefficient (Wildman–Crippen LogP) is 4.01. The Balaban J connectivity index is 1.72. The van der Waals surface area contributed by atoms with Gasteiger partial charge in [-0.1, -0.05) is 29.8 Å². The molecule has 2 heterocycles. The first-order valence-corrected chi connectivity index (χ1v) is 8.18. The molecule has 0 aliphatic rings. The molecular formula is C19H13ClN4O2. The maximum absolute atomic E-state index is 12.8. The van der Waals surface area contributed by atoms with Crippen molar-refractivity contribution >= 4 is 28.8 Å². The molecule has 4 rings (SSSR count). The predicted molar refractivity (Wildman–Crippen MR) is 99.5 cm³/mol. The molecule has 0 spiro atoms. The number of aromatic hydroxyl groups is 1. The summed E-state index contributed by atoms with van der Waals surface area (Å²) >= 11 is 6.11. The highest BCUT2D eigenvalue weighted by Crippen LogP contribution is 2.32. The summed E-state index contributed by atoms with van der Waals surface area (Å²) < 4.78 is 1.54. The largest absolute Gasteiger partial charge is 0.508 e. The minimum absolute atomic E-state index is 0.172. The number of carbonyl (C=O) groups excluding carboxylic acids is 1. The molecule has 0 saturated heterocycles. The minimum Gasteiger partial charge on any atom is -0.508 e. The molecule has 1 amide bonds. The van der Waals surface area contributed by atoms with Crippen LogP contribution in [0.4, 0.5) is 5.69 Å². The van der Waals surface area contributed by atoms with Gasteiger partial charge in [0.05, 0.1) is 11.9 Å². The number of halogens is 1. The van der Waals surface area contributed by atoms with Gasteiger partial charge >= 0.3 is 0 Å². The molecule has 2 N–H and O–H groups in total. The number of phenolic OH excluding ortho intramolecular Hbond substituents is 1. The fourth-order valence-corrected chi connectivity index (χ4v) is 2.86. The van der Waals surface area contributed by atoms with Gasteiger partial charge in [0, 0.05) is 23.0 Å². The second kappa shape index (κ2) is 6.50. The van der Waals surface area contributed by atoms with Crippen molar-refractivity contribution in [2.24, 2.45) is 0 Å². The first kappa shape index (κ1) is 16.1. The highest BCUT2D eigenvalue weighted by atomic mass is 35.5. The molecule has 7 heteroatoms. The Bertz CT molecular complexity index is 1110. The van der Waals surface area contributed by atoms with E-state index in [1.54, 1.807) is 54.9 Å². The Morgan fingerprint density at radius 3 is 2.77 bits per heavy atom. The Morgan fingerprint density at radius 2 is 1.96 bits per heavy atom. The number of anilines is 1. The van der Waals surface area contributed by atoms with Crippen LogP contribution < -0.4 is 5.32 Å². The summed E-state index contributed by atoms with van der Waals surface area (Å²) in [6, 6.07) is 13.7. The number of nitrogens with zero attached hydrogens (tertiary/aromatic N) is 3. The van der Waals surface area contributed by atoms with Gasteiger partial charge in [-0.2, -0.15) is 5.10 Å². The molecule has 2 aromatic heterocycles. The van der Waals surface area contributed by atoms with Crippen LogP contribution >= 0.6 is 11.6 Å². The summed E-state index contributed by atoms with van der Waals surface area (Å²) in [4.78, 5) is 16.9. The van der Waals surface area contributed by atoms with Crippen molar-refractivity contribution in [3.63, 3.8) is 0 Å². The molecule has 0 saturated carbocycles. The van der Waals surface area contributed by atoms with Crippen molar-refractivity contribution in [2.45, 2.75) is 0 Å². The molecule has 0 aliphatic heterocycles. The van der Waals surface area contributed by atoms with Gasteiger partial charge in [0.2, 0.25) is 0 Å². The van der Waals surface area contributed by atoms with E-state index in [1.807, 2.05) is 6.07 Å². The van der Waals surface area contributed by atoms with Crippen molar-refractivity contribution in [1.29, 1.82) is 0 Å². The summed E-state index contributed by atoms with van der Waals surface area (Å²) in [6.07, 6.45) is 4.80. The number of nitrogens with one attached hydrogen (secondary N) is 1. The van der Waals surface area contributed by atoms with E-state index >= 15 is 0 Å². The number of rotatable bonds is 3. The minimum atomic E-state index is -0.332. The second-order valence-electron chi connectivity index (χ2n) is 5.64. The molecule has 26 heavy (non-hydrogen) atoms. The lowest BCUT2D eigenvalue weighted by Gasteiger charge is -2.12. The van der Waals surface area contributed by atoms with E-state index in [4.69, 9.17) is 11.6 Å². The number of amides is 1. The monoisotopic (exact) mass is 364 g/mol. The first-order valence-electron chi connectivity index (χ1n) is 7.80.